The molecule has 0 bridgehead atoms. The van der Waals surface area contributed by atoms with E-state index >= 15 is 0 Å². The first-order valence-electron chi connectivity index (χ1n) is 6.95. The van der Waals surface area contributed by atoms with Crippen molar-refractivity contribution in [3.8, 4) is 11.5 Å². The minimum atomic E-state index is -0.232. The lowest BCUT2D eigenvalue weighted by molar-refractivity contribution is 0.102. The summed E-state index contributed by atoms with van der Waals surface area (Å²) in [6.07, 6.45) is 3.28. The molecule has 3 aromatic rings. The quantitative estimate of drug-likeness (QED) is 0.751. The molecule has 0 fully saturated rings. The molecule has 0 aliphatic carbocycles. The Bertz CT molecular complexity index is 822. The molecule has 1 amide bonds. The Hall–Kier alpha value is -2.85. The van der Waals surface area contributed by atoms with Gasteiger partial charge in [-0.15, -0.1) is 0 Å². The van der Waals surface area contributed by atoms with E-state index in [1.165, 1.54) is 0 Å². The van der Waals surface area contributed by atoms with Crippen LogP contribution in [-0.4, -0.2) is 10.9 Å². The van der Waals surface area contributed by atoms with Crippen molar-refractivity contribution in [2.45, 2.75) is 0 Å². The van der Waals surface area contributed by atoms with Gasteiger partial charge in [-0.1, -0.05) is 23.7 Å². The number of carbonyl (C=O) groups excluding carboxylic acids is 1. The number of aromatic nitrogens is 1. The fraction of sp³-hybridized carbons (Fsp3) is 0. The number of rotatable bonds is 4. The molecule has 114 valence electrons. The lowest BCUT2D eigenvalue weighted by atomic mass is 10.2. The molecule has 4 nitrogen and oxygen atoms in total. The van der Waals surface area contributed by atoms with E-state index in [2.05, 4.69) is 10.3 Å². The van der Waals surface area contributed by atoms with Crippen molar-refractivity contribution in [1.82, 2.24) is 4.98 Å². The highest BCUT2D eigenvalue weighted by molar-refractivity contribution is 6.30. The van der Waals surface area contributed by atoms with Crippen LogP contribution in [-0.2, 0) is 0 Å². The highest BCUT2D eigenvalue weighted by Gasteiger charge is 2.08. The molecule has 0 atom stereocenters. The smallest absolute Gasteiger partial charge is 0.255 e. The Labute approximate surface area is 138 Å². The van der Waals surface area contributed by atoms with E-state index < -0.39 is 0 Å². The number of carbonyl (C=O) groups is 1. The van der Waals surface area contributed by atoms with Crippen molar-refractivity contribution >= 4 is 23.2 Å². The van der Waals surface area contributed by atoms with E-state index in [-0.39, 0.29) is 5.91 Å². The van der Waals surface area contributed by atoms with Crippen LogP contribution in [0.2, 0.25) is 5.02 Å². The topological polar surface area (TPSA) is 51.2 Å². The average Bonchev–Trinajstić information content (AvgIpc) is 2.56. The normalized spacial score (nSPS) is 10.1. The van der Waals surface area contributed by atoms with Gasteiger partial charge in [0.2, 0.25) is 0 Å². The summed E-state index contributed by atoms with van der Waals surface area (Å²) in [5, 5.41) is 3.37. The number of benzene rings is 2. The molecule has 0 saturated carbocycles. The summed E-state index contributed by atoms with van der Waals surface area (Å²) in [6, 6.07) is 17.5. The maximum Gasteiger partial charge on any atom is 0.255 e. The van der Waals surface area contributed by atoms with Crippen LogP contribution in [0.25, 0.3) is 0 Å². The number of nitrogens with one attached hydrogen (secondary N) is 1. The van der Waals surface area contributed by atoms with Gasteiger partial charge in [0.15, 0.2) is 0 Å². The molecule has 2 aromatic carbocycles. The molecule has 1 aromatic heterocycles. The third-order valence-corrected chi connectivity index (χ3v) is 3.28. The van der Waals surface area contributed by atoms with E-state index in [1.54, 1.807) is 73.1 Å². The third kappa shape index (κ3) is 4.08. The molecule has 0 saturated heterocycles. The highest BCUT2D eigenvalue weighted by Crippen LogP contribution is 2.22. The first-order chi connectivity index (χ1) is 11.2. The first-order valence-corrected chi connectivity index (χ1v) is 7.33. The summed E-state index contributed by atoms with van der Waals surface area (Å²) in [5.74, 6) is 0.945. The zero-order chi connectivity index (χ0) is 16.1. The molecule has 3 rings (SSSR count). The zero-order valence-corrected chi connectivity index (χ0v) is 12.8. The highest BCUT2D eigenvalue weighted by atomic mass is 35.5. The summed E-state index contributed by atoms with van der Waals surface area (Å²) in [6.45, 7) is 0. The SMILES string of the molecule is O=C(Nc1cccc(Cl)c1)c1cccc(Oc2cccnc2)c1. The van der Waals surface area contributed by atoms with Crippen LogP contribution in [0, 0.1) is 0 Å². The molecule has 1 heterocycles. The summed E-state index contributed by atoms with van der Waals surface area (Å²) in [5.41, 5.74) is 1.13. The van der Waals surface area contributed by atoms with E-state index in [9.17, 15) is 4.79 Å². The van der Waals surface area contributed by atoms with Gasteiger partial charge in [0.1, 0.15) is 11.5 Å². The van der Waals surface area contributed by atoms with Gasteiger partial charge in [-0.25, -0.2) is 0 Å². The van der Waals surface area contributed by atoms with Crippen molar-refractivity contribution in [1.29, 1.82) is 0 Å². The van der Waals surface area contributed by atoms with Gasteiger partial charge in [-0.05, 0) is 48.5 Å². The van der Waals surface area contributed by atoms with E-state index in [1.807, 2.05) is 0 Å². The lowest BCUT2D eigenvalue weighted by Crippen LogP contribution is -2.11. The molecule has 0 aliphatic heterocycles. The summed E-state index contributed by atoms with van der Waals surface area (Å²) < 4.78 is 5.67. The Morgan fingerprint density at radius 1 is 1.00 bits per heavy atom. The van der Waals surface area contributed by atoms with Crippen molar-refractivity contribution < 1.29 is 9.53 Å². The van der Waals surface area contributed by atoms with Crippen LogP contribution in [0.4, 0.5) is 5.69 Å². The molecule has 0 radical (unpaired) electrons. The number of amides is 1. The van der Waals surface area contributed by atoms with Crippen LogP contribution in [0.3, 0.4) is 0 Å². The standard InChI is InChI=1S/C18H13ClN2O2/c19-14-5-2-6-15(11-14)21-18(22)13-4-1-7-16(10-13)23-17-8-3-9-20-12-17/h1-12H,(H,21,22). The number of hydrogen-bond acceptors (Lipinski definition) is 3. The number of anilines is 1. The van der Waals surface area contributed by atoms with Crippen LogP contribution in [0.1, 0.15) is 10.4 Å². The zero-order valence-electron chi connectivity index (χ0n) is 12.1. The van der Waals surface area contributed by atoms with E-state index in [0.29, 0.717) is 27.8 Å². The van der Waals surface area contributed by atoms with Gasteiger partial charge in [-0.2, -0.15) is 0 Å². The monoisotopic (exact) mass is 324 g/mol. The third-order valence-electron chi connectivity index (χ3n) is 3.05. The van der Waals surface area contributed by atoms with Gasteiger partial charge in [0.05, 0.1) is 6.20 Å². The predicted octanol–water partition coefficient (Wildman–Crippen LogP) is 4.78. The van der Waals surface area contributed by atoms with Crippen LogP contribution >= 0.6 is 11.6 Å². The summed E-state index contributed by atoms with van der Waals surface area (Å²) in [7, 11) is 0. The van der Waals surface area contributed by atoms with Crippen LogP contribution < -0.4 is 10.1 Å². The van der Waals surface area contributed by atoms with Gasteiger partial charge >= 0.3 is 0 Å². The van der Waals surface area contributed by atoms with Crippen molar-refractivity contribution in [2.75, 3.05) is 5.32 Å². The van der Waals surface area contributed by atoms with Crippen molar-refractivity contribution in [3.63, 3.8) is 0 Å². The maximum absolute atomic E-state index is 12.3. The van der Waals surface area contributed by atoms with E-state index in [4.69, 9.17) is 16.3 Å². The van der Waals surface area contributed by atoms with Crippen LogP contribution in [0.15, 0.2) is 73.1 Å². The first kappa shape index (κ1) is 15.1. The van der Waals surface area contributed by atoms with Crippen molar-refractivity contribution in [3.05, 3.63) is 83.6 Å². The van der Waals surface area contributed by atoms with Crippen molar-refractivity contribution in [2.24, 2.45) is 0 Å². The average molecular weight is 325 g/mol. The number of nitrogens with zero attached hydrogens (tertiary/aromatic N) is 1. The minimum Gasteiger partial charge on any atom is -0.456 e. The largest absolute Gasteiger partial charge is 0.456 e. The fourth-order valence-corrected chi connectivity index (χ4v) is 2.20. The fourth-order valence-electron chi connectivity index (χ4n) is 2.01. The Balaban J connectivity index is 1.75. The molecular weight excluding hydrogens is 312 g/mol. The molecule has 0 aliphatic rings. The minimum absolute atomic E-state index is 0.232. The number of halogens is 1. The number of hydrogen-bond donors (Lipinski definition) is 1. The number of pyridine rings is 1. The second-order valence-corrected chi connectivity index (χ2v) is 5.22. The second-order valence-electron chi connectivity index (χ2n) is 4.78. The summed E-state index contributed by atoms with van der Waals surface area (Å²) in [4.78, 5) is 16.3. The van der Waals surface area contributed by atoms with Gasteiger partial charge in [-0.3, -0.25) is 9.78 Å². The van der Waals surface area contributed by atoms with Gasteiger partial charge in [0.25, 0.3) is 5.91 Å². The van der Waals surface area contributed by atoms with Gasteiger partial charge in [0, 0.05) is 22.5 Å². The molecule has 0 unspecified atom stereocenters. The number of ether oxygens (including phenoxy) is 1. The predicted molar refractivity (Wildman–Crippen MR) is 90.2 cm³/mol. The molecule has 0 spiro atoms. The Morgan fingerprint density at radius 3 is 2.61 bits per heavy atom. The molecular formula is C18H13ClN2O2. The van der Waals surface area contributed by atoms with E-state index in [0.717, 1.165) is 0 Å². The molecule has 23 heavy (non-hydrogen) atoms. The van der Waals surface area contributed by atoms with Gasteiger partial charge < -0.3 is 10.1 Å². The molecule has 1 N–H and O–H groups in total. The maximum atomic E-state index is 12.3. The molecule has 5 heteroatoms. The van der Waals surface area contributed by atoms with Crippen LogP contribution in [0.5, 0.6) is 11.5 Å². The Morgan fingerprint density at radius 2 is 1.83 bits per heavy atom. The summed E-state index contributed by atoms with van der Waals surface area (Å²) >= 11 is 5.91. The lowest BCUT2D eigenvalue weighted by Gasteiger charge is -2.08. The Kier molecular flexibility index (Phi) is 4.54. The second kappa shape index (κ2) is 6.94.